The number of nitro groups is 1. The van der Waals surface area contributed by atoms with Crippen LogP contribution in [0.3, 0.4) is 0 Å². The van der Waals surface area contributed by atoms with Crippen LogP contribution in [-0.2, 0) is 20.9 Å². The molecule has 1 amide bonds. The molecule has 0 fully saturated rings. The molecule has 0 bridgehead atoms. The number of esters is 1. The Labute approximate surface area is 142 Å². The van der Waals surface area contributed by atoms with Gasteiger partial charge >= 0.3 is 11.7 Å². The molecule has 0 saturated heterocycles. The summed E-state index contributed by atoms with van der Waals surface area (Å²) in [7, 11) is 0. The molecule has 0 aliphatic rings. The molecule has 0 aliphatic heterocycles. The van der Waals surface area contributed by atoms with Crippen LogP contribution in [0.4, 0.5) is 5.69 Å². The minimum atomic E-state index is -0.894. The van der Waals surface area contributed by atoms with Gasteiger partial charge in [0.2, 0.25) is 5.71 Å². The molecule has 1 aromatic heterocycles. The first-order chi connectivity index (χ1) is 11.7. The van der Waals surface area contributed by atoms with E-state index in [4.69, 9.17) is 5.21 Å². The van der Waals surface area contributed by atoms with Crippen molar-refractivity contribution in [1.29, 1.82) is 0 Å². The average molecular weight is 354 g/mol. The van der Waals surface area contributed by atoms with Crippen molar-refractivity contribution in [2.45, 2.75) is 34.2 Å². The fourth-order valence-electron chi connectivity index (χ4n) is 1.94. The highest BCUT2D eigenvalue weighted by Gasteiger charge is 2.23. The molecule has 1 heterocycles. The summed E-state index contributed by atoms with van der Waals surface area (Å²) in [5, 5.41) is 30.1. The van der Waals surface area contributed by atoms with E-state index in [-0.39, 0.29) is 35.9 Å². The summed E-state index contributed by atoms with van der Waals surface area (Å²) in [5.74, 6) is -1.53. The van der Waals surface area contributed by atoms with Crippen LogP contribution in [0.1, 0.15) is 25.2 Å². The molecular weight excluding hydrogens is 336 g/mol. The van der Waals surface area contributed by atoms with Gasteiger partial charge in [-0.15, -0.1) is 0 Å². The summed E-state index contributed by atoms with van der Waals surface area (Å²) in [6.45, 7) is 5.61. The lowest BCUT2D eigenvalue weighted by atomic mass is 10.2. The highest BCUT2D eigenvalue weighted by molar-refractivity contribution is 6.65. The van der Waals surface area contributed by atoms with E-state index in [1.165, 1.54) is 25.5 Å². The number of hydrogen-bond acceptors (Lipinski definition) is 9. The van der Waals surface area contributed by atoms with Gasteiger partial charge in [0, 0.05) is 0 Å². The number of amides is 1. The third kappa shape index (κ3) is 4.83. The van der Waals surface area contributed by atoms with Crippen molar-refractivity contribution in [2.75, 3.05) is 6.61 Å². The van der Waals surface area contributed by atoms with Gasteiger partial charge in [-0.05, 0) is 27.7 Å². The van der Waals surface area contributed by atoms with Gasteiger partial charge in [-0.25, -0.2) is 10.2 Å². The first kappa shape index (κ1) is 19.7. The molecule has 0 saturated carbocycles. The van der Waals surface area contributed by atoms with E-state index in [1.54, 1.807) is 6.92 Å². The van der Waals surface area contributed by atoms with Gasteiger partial charge < -0.3 is 9.94 Å². The zero-order valence-electron chi connectivity index (χ0n) is 14.1. The molecule has 0 atom stereocenters. The molecule has 0 radical (unpaired) electrons. The van der Waals surface area contributed by atoms with Crippen molar-refractivity contribution in [3.63, 3.8) is 0 Å². The van der Waals surface area contributed by atoms with E-state index in [0.29, 0.717) is 0 Å². The van der Waals surface area contributed by atoms with E-state index in [0.717, 1.165) is 0 Å². The van der Waals surface area contributed by atoms with Crippen molar-refractivity contribution in [3.05, 3.63) is 21.5 Å². The largest absolute Gasteiger partial charge is 0.461 e. The number of nitrogens with zero attached hydrogens (tertiary/aromatic N) is 5. The molecule has 136 valence electrons. The monoisotopic (exact) mass is 354 g/mol. The van der Waals surface area contributed by atoms with Crippen molar-refractivity contribution in [1.82, 2.24) is 15.2 Å². The molecule has 1 aromatic rings. The average Bonchev–Trinajstić information content (AvgIpc) is 2.80. The Hall–Kier alpha value is -3.31. The van der Waals surface area contributed by atoms with Crippen LogP contribution < -0.4 is 5.43 Å². The van der Waals surface area contributed by atoms with Gasteiger partial charge in [0.1, 0.15) is 17.9 Å². The normalized spacial score (nSPS) is 12.0. The van der Waals surface area contributed by atoms with Crippen LogP contribution in [-0.4, -0.2) is 49.8 Å². The number of hydrazone groups is 1. The number of rotatable bonds is 7. The van der Waals surface area contributed by atoms with Crippen molar-refractivity contribution < 1.29 is 24.5 Å². The van der Waals surface area contributed by atoms with Gasteiger partial charge in [0.05, 0.1) is 17.2 Å². The fraction of sp³-hybridized carbons (Fsp3) is 0.462. The number of oxime groups is 1. The maximum absolute atomic E-state index is 11.9. The van der Waals surface area contributed by atoms with Crippen molar-refractivity contribution in [3.8, 4) is 0 Å². The summed E-state index contributed by atoms with van der Waals surface area (Å²) in [6, 6.07) is 0. The molecule has 2 N–H and O–H groups in total. The Morgan fingerprint density at radius 2 is 2.08 bits per heavy atom. The number of aryl methyl sites for hydroxylation is 1. The minimum Gasteiger partial charge on any atom is -0.461 e. The van der Waals surface area contributed by atoms with Gasteiger partial charge in [0.15, 0.2) is 0 Å². The quantitative estimate of drug-likeness (QED) is 0.234. The lowest BCUT2D eigenvalue weighted by Gasteiger charge is -2.05. The Balaban J connectivity index is 2.82. The predicted molar refractivity (Wildman–Crippen MR) is 85.5 cm³/mol. The Morgan fingerprint density at radius 3 is 2.56 bits per heavy atom. The maximum atomic E-state index is 11.9. The van der Waals surface area contributed by atoms with Crippen LogP contribution in [0.5, 0.6) is 0 Å². The van der Waals surface area contributed by atoms with Crippen LogP contribution in [0.25, 0.3) is 0 Å². The number of aromatic nitrogens is 2. The van der Waals surface area contributed by atoms with Gasteiger partial charge in [0.25, 0.3) is 5.91 Å². The SMILES string of the molecule is CCOC(=O)C(=N\O)/C(C)=N/NC(=O)Cn1nc(C)c([N+](=O)[O-])c1C. The lowest BCUT2D eigenvalue weighted by Crippen LogP contribution is -2.30. The van der Waals surface area contributed by atoms with E-state index in [1.807, 2.05) is 0 Å². The Morgan fingerprint density at radius 1 is 1.44 bits per heavy atom. The van der Waals surface area contributed by atoms with Crippen molar-refractivity contribution >= 4 is 29.0 Å². The standard InChI is InChI=1S/C13H18N6O6/c1-5-25-13(21)11(17-22)7(2)14-15-10(20)6-18-9(4)12(19(23)24)8(3)16-18/h22H,5-6H2,1-4H3,(H,15,20)/b14-7+,17-11-. The van der Waals surface area contributed by atoms with Gasteiger partial charge in [-0.2, -0.15) is 10.2 Å². The summed E-state index contributed by atoms with van der Waals surface area (Å²) >= 11 is 0. The number of carbonyl (C=O) groups is 2. The Bertz CT molecular complexity index is 750. The summed E-state index contributed by atoms with van der Waals surface area (Å²) in [4.78, 5) is 33.8. The number of nitrogens with one attached hydrogen (secondary N) is 1. The second-order valence-corrected chi connectivity index (χ2v) is 4.84. The summed E-state index contributed by atoms with van der Waals surface area (Å²) < 4.78 is 5.84. The third-order valence-electron chi connectivity index (χ3n) is 3.08. The molecule has 0 aromatic carbocycles. The topological polar surface area (TPSA) is 161 Å². The fourth-order valence-corrected chi connectivity index (χ4v) is 1.94. The van der Waals surface area contributed by atoms with Gasteiger partial charge in [-0.1, -0.05) is 5.16 Å². The molecule has 0 spiro atoms. The number of ether oxygens (including phenoxy) is 1. The third-order valence-corrected chi connectivity index (χ3v) is 3.08. The molecule has 0 aliphatic carbocycles. The van der Waals surface area contributed by atoms with E-state index in [2.05, 4.69) is 25.5 Å². The molecule has 1 rings (SSSR count). The summed E-state index contributed by atoms with van der Waals surface area (Å²) in [5.41, 5.74) is 1.87. The first-order valence-electron chi connectivity index (χ1n) is 7.13. The lowest BCUT2D eigenvalue weighted by molar-refractivity contribution is -0.386. The molecule has 25 heavy (non-hydrogen) atoms. The van der Waals surface area contributed by atoms with Gasteiger partial charge in [-0.3, -0.25) is 19.6 Å². The minimum absolute atomic E-state index is 0.0753. The zero-order valence-corrected chi connectivity index (χ0v) is 14.1. The van der Waals surface area contributed by atoms with Crippen LogP contribution in [0.2, 0.25) is 0 Å². The smallest absolute Gasteiger partial charge is 0.362 e. The number of hydrogen-bond donors (Lipinski definition) is 2. The molecule has 0 unspecified atom stereocenters. The molecule has 12 heteroatoms. The van der Waals surface area contributed by atoms with E-state index >= 15 is 0 Å². The van der Waals surface area contributed by atoms with Crippen LogP contribution in [0.15, 0.2) is 10.3 Å². The summed E-state index contributed by atoms with van der Waals surface area (Å²) in [6.07, 6.45) is 0. The van der Waals surface area contributed by atoms with Crippen LogP contribution in [0, 0.1) is 24.0 Å². The Kier molecular flexibility index (Phi) is 6.72. The first-order valence-corrected chi connectivity index (χ1v) is 7.13. The molecular formula is C13H18N6O6. The van der Waals surface area contributed by atoms with Crippen LogP contribution >= 0.6 is 0 Å². The van der Waals surface area contributed by atoms with Crippen molar-refractivity contribution in [2.24, 2.45) is 10.3 Å². The highest BCUT2D eigenvalue weighted by Crippen LogP contribution is 2.21. The second kappa shape index (κ2) is 8.52. The second-order valence-electron chi connectivity index (χ2n) is 4.84. The van der Waals surface area contributed by atoms with E-state index < -0.39 is 22.5 Å². The predicted octanol–water partition coefficient (Wildman–Crippen LogP) is 0.294. The number of carbonyl (C=O) groups excluding carboxylic acids is 2. The maximum Gasteiger partial charge on any atom is 0.362 e. The zero-order chi connectivity index (χ0) is 19.1. The molecule has 12 nitrogen and oxygen atoms in total. The highest BCUT2D eigenvalue weighted by atomic mass is 16.6. The van der Waals surface area contributed by atoms with E-state index in [9.17, 15) is 19.7 Å².